The van der Waals surface area contributed by atoms with Crippen molar-refractivity contribution in [2.24, 2.45) is 0 Å². The average molecular weight is 632 g/mol. The van der Waals surface area contributed by atoms with Crippen LogP contribution in [0.5, 0.6) is 17.2 Å². The number of non-ortho nitro benzene ring substituents is 1. The van der Waals surface area contributed by atoms with Crippen LogP contribution in [0.25, 0.3) is 0 Å². The molecule has 13 nitrogen and oxygen atoms in total. The molecule has 1 N–H and O–H groups in total. The number of Topliss-reactive ketones (excluding diaryl/α,β-unsaturated/α-hetero) is 2. The number of carbonyl (C=O) groups excluding carboxylic acids is 2. The van der Waals surface area contributed by atoms with Crippen LogP contribution in [0, 0.1) is 20.2 Å². The molecule has 2 aromatic rings. The molecular formula is C33H33N3O10. The summed E-state index contributed by atoms with van der Waals surface area (Å²) in [6.07, 6.45) is 4.60. The number of hydrogen-bond donors (Lipinski definition) is 1. The predicted molar refractivity (Wildman–Crippen MR) is 165 cm³/mol. The van der Waals surface area contributed by atoms with Crippen LogP contribution >= 0.6 is 0 Å². The van der Waals surface area contributed by atoms with Crippen LogP contribution in [0.15, 0.2) is 65.5 Å². The third-order valence-corrected chi connectivity index (χ3v) is 8.35. The quantitative estimate of drug-likeness (QED) is 0.158. The molecule has 0 atom stereocenters. The minimum absolute atomic E-state index is 0.110. The van der Waals surface area contributed by atoms with E-state index in [0.29, 0.717) is 60.8 Å². The molecule has 1 heterocycles. The van der Waals surface area contributed by atoms with Gasteiger partial charge < -0.3 is 19.5 Å². The number of carbonyl (C=O) groups is 3. The Bertz CT molecular complexity index is 1680. The van der Waals surface area contributed by atoms with E-state index in [9.17, 15) is 39.7 Å². The molecule has 0 aromatic heterocycles. The average Bonchev–Trinajstić information content (AvgIpc) is 3.01. The topological polar surface area (TPSA) is 179 Å². The van der Waals surface area contributed by atoms with Crippen molar-refractivity contribution < 1.29 is 38.8 Å². The second kappa shape index (κ2) is 13.3. The molecule has 5 rings (SSSR count). The van der Waals surface area contributed by atoms with E-state index in [4.69, 9.17) is 9.47 Å². The highest BCUT2D eigenvalue weighted by Gasteiger charge is 2.43. The van der Waals surface area contributed by atoms with Gasteiger partial charge in [0.15, 0.2) is 23.1 Å². The highest BCUT2D eigenvalue weighted by atomic mass is 16.6. The summed E-state index contributed by atoms with van der Waals surface area (Å²) in [5.74, 6) is -1.82. The number of ketones is 2. The lowest BCUT2D eigenvalue weighted by Gasteiger charge is -2.44. The zero-order valence-corrected chi connectivity index (χ0v) is 25.3. The Morgan fingerprint density at radius 1 is 1.00 bits per heavy atom. The van der Waals surface area contributed by atoms with Crippen LogP contribution in [0.3, 0.4) is 0 Å². The van der Waals surface area contributed by atoms with Crippen molar-refractivity contribution in [3.63, 3.8) is 0 Å². The number of hydrogen-bond acceptors (Lipinski definition) is 10. The van der Waals surface area contributed by atoms with E-state index in [1.54, 1.807) is 25.1 Å². The van der Waals surface area contributed by atoms with Gasteiger partial charge in [-0.25, -0.2) is 0 Å². The van der Waals surface area contributed by atoms with Gasteiger partial charge in [0.1, 0.15) is 0 Å². The molecule has 2 aliphatic carbocycles. The molecule has 2 aromatic carbocycles. The molecule has 3 aliphatic rings. The smallest absolute Gasteiger partial charge is 0.318 e. The Labute approximate surface area is 264 Å². The fourth-order valence-electron chi connectivity index (χ4n) is 6.52. The lowest BCUT2D eigenvalue weighted by atomic mass is 9.70. The number of nitro groups is 2. The van der Waals surface area contributed by atoms with Gasteiger partial charge in [-0.3, -0.25) is 34.6 Å². The number of nitrogens with zero attached hydrogens (tertiary/aromatic N) is 3. The molecule has 0 unspecified atom stereocenters. The van der Waals surface area contributed by atoms with Crippen LogP contribution in [0.4, 0.5) is 11.4 Å². The fraction of sp³-hybridized carbons (Fsp3) is 0.364. The van der Waals surface area contributed by atoms with Crippen molar-refractivity contribution in [3.05, 3.63) is 96.9 Å². The van der Waals surface area contributed by atoms with Crippen LogP contribution in [-0.2, 0) is 20.8 Å². The van der Waals surface area contributed by atoms with Crippen molar-refractivity contribution in [2.75, 3.05) is 13.2 Å². The lowest BCUT2D eigenvalue weighted by Crippen LogP contribution is -2.40. The van der Waals surface area contributed by atoms with Crippen molar-refractivity contribution in [1.29, 1.82) is 0 Å². The van der Waals surface area contributed by atoms with Gasteiger partial charge in [-0.1, -0.05) is 12.1 Å². The lowest BCUT2D eigenvalue weighted by molar-refractivity contribution is -0.394. The Kier molecular flexibility index (Phi) is 9.31. The number of nitro benzene ring substituents is 2. The molecule has 0 amide bonds. The maximum Gasteiger partial charge on any atom is 0.318 e. The molecular weight excluding hydrogens is 598 g/mol. The summed E-state index contributed by atoms with van der Waals surface area (Å²) in [6, 6.07) is 6.51. The maximum atomic E-state index is 13.7. The molecule has 0 radical (unpaired) electrons. The van der Waals surface area contributed by atoms with E-state index in [0.717, 1.165) is 29.6 Å². The van der Waals surface area contributed by atoms with Gasteiger partial charge in [0, 0.05) is 59.5 Å². The van der Waals surface area contributed by atoms with E-state index in [1.165, 1.54) is 0 Å². The van der Waals surface area contributed by atoms with Gasteiger partial charge in [-0.15, -0.1) is 6.58 Å². The number of aliphatic carboxylic acids is 1. The predicted octanol–water partition coefficient (Wildman–Crippen LogP) is 6.31. The Morgan fingerprint density at radius 2 is 1.65 bits per heavy atom. The summed E-state index contributed by atoms with van der Waals surface area (Å²) >= 11 is 0. The van der Waals surface area contributed by atoms with Crippen molar-refractivity contribution in [3.8, 4) is 17.2 Å². The largest absolute Gasteiger partial charge is 0.490 e. The van der Waals surface area contributed by atoms with E-state index in [2.05, 4.69) is 6.58 Å². The zero-order chi connectivity index (χ0) is 33.1. The number of rotatable bonds is 12. The maximum absolute atomic E-state index is 13.7. The molecule has 0 bridgehead atoms. The normalized spacial score (nSPS) is 16.6. The first-order valence-corrected chi connectivity index (χ1v) is 15.1. The monoisotopic (exact) mass is 631 g/mol. The summed E-state index contributed by atoms with van der Waals surface area (Å²) < 4.78 is 12.1. The molecule has 1 aliphatic heterocycles. The molecule has 0 spiro atoms. The third kappa shape index (κ3) is 6.12. The summed E-state index contributed by atoms with van der Waals surface area (Å²) in [5.41, 5.74) is 2.44. The Morgan fingerprint density at radius 3 is 2.20 bits per heavy atom. The van der Waals surface area contributed by atoms with E-state index >= 15 is 0 Å². The van der Waals surface area contributed by atoms with Crippen LogP contribution in [-0.4, -0.2) is 50.5 Å². The second-order valence-corrected chi connectivity index (χ2v) is 11.2. The van der Waals surface area contributed by atoms with Gasteiger partial charge in [-0.2, -0.15) is 0 Å². The van der Waals surface area contributed by atoms with Gasteiger partial charge >= 0.3 is 11.7 Å². The van der Waals surface area contributed by atoms with Gasteiger partial charge in [-0.05, 0) is 56.7 Å². The van der Waals surface area contributed by atoms with E-state index in [-0.39, 0.29) is 54.8 Å². The van der Waals surface area contributed by atoms with Crippen LogP contribution in [0.1, 0.15) is 68.9 Å². The van der Waals surface area contributed by atoms with Crippen molar-refractivity contribution in [1.82, 2.24) is 4.90 Å². The van der Waals surface area contributed by atoms with Gasteiger partial charge in [0.25, 0.3) is 5.69 Å². The van der Waals surface area contributed by atoms with Gasteiger partial charge in [0.2, 0.25) is 5.75 Å². The fourth-order valence-corrected chi connectivity index (χ4v) is 6.52. The second-order valence-electron chi connectivity index (χ2n) is 11.2. The van der Waals surface area contributed by atoms with E-state index < -0.39 is 33.1 Å². The minimum atomic E-state index is -0.977. The SMILES string of the molecule is C=CCc1cc(C2C3=C(CCCC3=O)N(CCC(=O)O)C3=C2C(=O)CCC3)cc(OCC)c1Oc1ccc([N+](=O)[O-])cc1[N+](=O)[O-]. The van der Waals surface area contributed by atoms with E-state index in [1.807, 2.05) is 4.90 Å². The first kappa shape index (κ1) is 32.1. The molecule has 46 heavy (non-hydrogen) atoms. The van der Waals surface area contributed by atoms with Crippen LogP contribution < -0.4 is 9.47 Å². The molecule has 240 valence electrons. The number of ether oxygens (including phenoxy) is 2. The Balaban J connectivity index is 1.71. The van der Waals surface area contributed by atoms with Crippen LogP contribution in [0.2, 0.25) is 0 Å². The number of carboxylic acids is 1. The molecule has 0 saturated heterocycles. The first-order valence-electron chi connectivity index (χ1n) is 15.1. The Hall–Kier alpha value is -5.33. The number of benzene rings is 2. The number of allylic oxidation sites excluding steroid dienone is 5. The highest BCUT2D eigenvalue weighted by molar-refractivity contribution is 6.06. The first-order chi connectivity index (χ1) is 22.0. The summed E-state index contributed by atoms with van der Waals surface area (Å²) in [6.45, 7) is 5.91. The minimum Gasteiger partial charge on any atom is -0.490 e. The van der Waals surface area contributed by atoms with Crippen molar-refractivity contribution >= 4 is 28.9 Å². The summed E-state index contributed by atoms with van der Waals surface area (Å²) in [5, 5.41) is 32.6. The van der Waals surface area contributed by atoms with Gasteiger partial charge in [0.05, 0.1) is 28.9 Å². The standard InChI is InChI=1S/C33H33N3O10/c1-3-7-19-16-20(17-28(45-4-2)33(19)46-27-13-12-21(35(41)42)18-24(27)36(43)44)30-31-22(8-5-10-25(31)37)34(15-14-29(39)40)23-9-6-11-26(38)32(23)30/h3,12-13,16-18,30H,1,4-11,14-15H2,2H3,(H,39,40). The van der Waals surface area contributed by atoms with Crippen molar-refractivity contribution in [2.45, 2.75) is 64.2 Å². The third-order valence-electron chi connectivity index (χ3n) is 8.35. The highest BCUT2D eigenvalue weighted by Crippen LogP contribution is 2.51. The summed E-state index contributed by atoms with van der Waals surface area (Å²) in [4.78, 5) is 62.4. The number of carboxylic acid groups (broad SMARTS) is 1. The molecule has 0 fully saturated rings. The molecule has 0 saturated carbocycles. The summed E-state index contributed by atoms with van der Waals surface area (Å²) in [7, 11) is 0. The zero-order valence-electron chi connectivity index (χ0n) is 25.3. The molecule has 13 heteroatoms.